The van der Waals surface area contributed by atoms with Crippen molar-refractivity contribution in [3.63, 3.8) is 0 Å². The average molecular weight is 380 g/mol. The second-order valence-electron chi connectivity index (χ2n) is 6.00. The van der Waals surface area contributed by atoms with Gasteiger partial charge in [0.2, 0.25) is 0 Å². The van der Waals surface area contributed by atoms with Crippen molar-refractivity contribution in [2.45, 2.75) is 27.3 Å². The highest BCUT2D eigenvalue weighted by molar-refractivity contribution is 6.09. The van der Waals surface area contributed by atoms with E-state index in [4.69, 9.17) is 4.74 Å². The number of anilines is 2. The Morgan fingerprint density at radius 2 is 1.96 bits per heavy atom. The van der Waals surface area contributed by atoms with Crippen molar-refractivity contribution in [2.24, 2.45) is 0 Å². The zero-order valence-corrected chi connectivity index (χ0v) is 15.9. The molecule has 2 heterocycles. The number of pyridine rings is 1. The van der Waals surface area contributed by atoms with Crippen LogP contribution in [0, 0.1) is 0 Å². The number of carbonyl (C=O) groups excluding carboxylic acids is 2. The first-order valence-corrected chi connectivity index (χ1v) is 8.91. The Balaban J connectivity index is 2.26. The molecule has 0 amide bonds. The maximum Gasteiger partial charge on any atom is 0.359 e. The Labute approximate surface area is 161 Å². The normalized spacial score (nSPS) is 10.7. The number of ketones is 1. The summed E-state index contributed by atoms with van der Waals surface area (Å²) < 4.78 is 6.16. The van der Waals surface area contributed by atoms with Gasteiger partial charge in [-0.05, 0) is 45.0 Å². The summed E-state index contributed by atoms with van der Waals surface area (Å²) >= 11 is 0. The topological polar surface area (TPSA) is 103 Å². The minimum absolute atomic E-state index is 0.0104. The number of aryl methyl sites for hydroxylation is 1. The Kier molecular flexibility index (Phi) is 5.49. The molecule has 0 unspecified atom stereocenters. The summed E-state index contributed by atoms with van der Waals surface area (Å²) in [4.78, 5) is 41.9. The lowest BCUT2D eigenvalue weighted by atomic mass is 10.1. The van der Waals surface area contributed by atoms with E-state index in [0.29, 0.717) is 5.69 Å². The van der Waals surface area contributed by atoms with Crippen LogP contribution in [0.4, 0.5) is 11.4 Å². The van der Waals surface area contributed by atoms with Gasteiger partial charge in [0.25, 0.3) is 5.56 Å². The molecule has 1 aromatic carbocycles. The van der Waals surface area contributed by atoms with Gasteiger partial charge in [-0.15, -0.1) is 0 Å². The van der Waals surface area contributed by atoms with Crippen molar-refractivity contribution >= 4 is 34.0 Å². The van der Waals surface area contributed by atoms with E-state index in [1.54, 1.807) is 38.2 Å². The largest absolute Gasteiger partial charge is 0.461 e. The first-order valence-electron chi connectivity index (χ1n) is 8.91. The van der Waals surface area contributed by atoms with Gasteiger partial charge >= 0.3 is 5.97 Å². The van der Waals surface area contributed by atoms with Gasteiger partial charge in [0.05, 0.1) is 17.7 Å². The number of fused-ring (bicyclic) bond motifs is 1. The SMILES string of the molecule is CCOC(=O)c1nn(CC)c(=O)c(Nc2cccc3ncccc23)c1C(C)=O. The smallest absolute Gasteiger partial charge is 0.359 e. The fourth-order valence-corrected chi connectivity index (χ4v) is 2.93. The fourth-order valence-electron chi connectivity index (χ4n) is 2.93. The third kappa shape index (κ3) is 3.48. The molecule has 0 atom stereocenters. The van der Waals surface area contributed by atoms with Crippen LogP contribution in [0.5, 0.6) is 0 Å². The molecule has 3 aromatic rings. The van der Waals surface area contributed by atoms with Gasteiger partial charge in [-0.25, -0.2) is 9.48 Å². The Bertz CT molecular complexity index is 1120. The highest BCUT2D eigenvalue weighted by Gasteiger charge is 2.26. The number of ether oxygens (including phenoxy) is 1. The van der Waals surface area contributed by atoms with Gasteiger partial charge in [0, 0.05) is 23.8 Å². The number of hydrogen-bond donors (Lipinski definition) is 1. The predicted molar refractivity (Wildman–Crippen MR) is 105 cm³/mol. The molecular weight excluding hydrogens is 360 g/mol. The van der Waals surface area contributed by atoms with Gasteiger partial charge in [0.15, 0.2) is 11.5 Å². The monoisotopic (exact) mass is 380 g/mol. The number of carbonyl (C=O) groups is 2. The molecule has 0 spiro atoms. The third-order valence-corrected chi connectivity index (χ3v) is 4.18. The van der Waals surface area contributed by atoms with Crippen molar-refractivity contribution in [3.8, 4) is 0 Å². The molecule has 8 heteroatoms. The van der Waals surface area contributed by atoms with E-state index in [9.17, 15) is 14.4 Å². The van der Waals surface area contributed by atoms with Crippen LogP contribution in [0.2, 0.25) is 0 Å². The highest BCUT2D eigenvalue weighted by atomic mass is 16.5. The molecule has 144 valence electrons. The van der Waals surface area contributed by atoms with Crippen LogP contribution in [0.15, 0.2) is 41.3 Å². The number of Topliss-reactive ketones (excluding diaryl/α,β-unsaturated/α-hetero) is 1. The first kappa shape index (κ1) is 19.2. The average Bonchev–Trinajstić information content (AvgIpc) is 2.69. The Morgan fingerprint density at radius 1 is 1.18 bits per heavy atom. The molecular formula is C20H20N4O4. The summed E-state index contributed by atoms with van der Waals surface area (Å²) in [6.45, 7) is 5.02. The van der Waals surface area contributed by atoms with Crippen LogP contribution in [0.1, 0.15) is 41.6 Å². The van der Waals surface area contributed by atoms with Gasteiger partial charge < -0.3 is 10.1 Å². The molecule has 0 saturated carbocycles. The van der Waals surface area contributed by atoms with Gasteiger partial charge in [-0.2, -0.15) is 5.10 Å². The third-order valence-electron chi connectivity index (χ3n) is 4.18. The maximum absolute atomic E-state index is 12.9. The second-order valence-corrected chi connectivity index (χ2v) is 6.00. The number of hydrogen-bond acceptors (Lipinski definition) is 7. The number of aromatic nitrogens is 3. The number of esters is 1. The molecule has 28 heavy (non-hydrogen) atoms. The van der Waals surface area contributed by atoms with Crippen LogP contribution in [-0.4, -0.2) is 33.1 Å². The van der Waals surface area contributed by atoms with Crippen LogP contribution >= 0.6 is 0 Å². The lowest BCUT2D eigenvalue weighted by Gasteiger charge is -2.16. The Morgan fingerprint density at radius 3 is 2.64 bits per heavy atom. The molecule has 0 saturated heterocycles. The number of nitrogens with one attached hydrogen (secondary N) is 1. The number of nitrogens with zero attached hydrogens (tertiary/aromatic N) is 3. The summed E-state index contributed by atoms with van der Waals surface area (Å²) in [5.41, 5.74) is 0.539. The zero-order valence-electron chi connectivity index (χ0n) is 15.9. The van der Waals surface area contributed by atoms with Crippen molar-refractivity contribution in [1.29, 1.82) is 0 Å². The van der Waals surface area contributed by atoms with Crippen molar-refractivity contribution in [2.75, 3.05) is 11.9 Å². The molecule has 0 bridgehead atoms. The summed E-state index contributed by atoms with van der Waals surface area (Å²) in [7, 11) is 0. The van der Waals surface area contributed by atoms with E-state index in [2.05, 4.69) is 15.4 Å². The summed E-state index contributed by atoms with van der Waals surface area (Å²) in [6, 6.07) is 9.03. The maximum atomic E-state index is 12.9. The second kappa shape index (κ2) is 7.99. The van der Waals surface area contributed by atoms with E-state index in [1.807, 2.05) is 12.1 Å². The van der Waals surface area contributed by atoms with Crippen LogP contribution < -0.4 is 10.9 Å². The fraction of sp³-hybridized carbons (Fsp3) is 0.250. The molecule has 8 nitrogen and oxygen atoms in total. The minimum Gasteiger partial charge on any atom is -0.461 e. The molecule has 0 radical (unpaired) electrons. The molecule has 3 rings (SSSR count). The molecule has 0 fully saturated rings. The molecule has 0 aliphatic rings. The number of rotatable bonds is 6. The van der Waals surface area contributed by atoms with E-state index in [-0.39, 0.29) is 30.1 Å². The van der Waals surface area contributed by atoms with E-state index >= 15 is 0 Å². The van der Waals surface area contributed by atoms with Gasteiger partial charge in [-0.3, -0.25) is 14.6 Å². The minimum atomic E-state index is -0.752. The summed E-state index contributed by atoms with van der Waals surface area (Å²) in [6.07, 6.45) is 1.67. The standard InChI is InChI=1S/C20H20N4O4/c1-4-24-19(26)17(16(12(3)25)18(23-24)20(27)28-5-2)22-15-10-6-9-14-13(15)8-7-11-21-14/h6-11,22H,4-5H2,1-3H3. The summed E-state index contributed by atoms with van der Waals surface area (Å²) in [5.74, 6) is -1.21. The van der Waals surface area contributed by atoms with Gasteiger partial charge in [-0.1, -0.05) is 6.07 Å². The molecule has 0 aliphatic carbocycles. The van der Waals surface area contributed by atoms with Gasteiger partial charge in [0.1, 0.15) is 5.69 Å². The molecule has 2 aromatic heterocycles. The van der Waals surface area contributed by atoms with Crippen molar-refractivity contribution in [3.05, 3.63) is 58.1 Å². The molecule has 1 N–H and O–H groups in total. The summed E-state index contributed by atoms with van der Waals surface area (Å²) in [5, 5.41) is 7.86. The van der Waals surface area contributed by atoms with Crippen LogP contribution in [-0.2, 0) is 11.3 Å². The van der Waals surface area contributed by atoms with Crippen molar-refractivity contribution < 1.29 is 14.3 Å². The van der Waals surface area contributed by atoms with E-state index < -0.39 is 17.3 Å². The van der Waals surface area contributed by atoms with Crippen LogP contribution in [0.3, 0.4) is 0 Å². The first-order chi connectivity index (χ1) is 13.5. The highest BCUT2D eigenvalue weighted by Crippen LogP contribution is 2.26. The lowest BCUT2D eigenvalue weighted by molar-refractivity contribution is 0.0513. The lowest BCUT2D eigenvalue weighted by Crippen LogP contribution is -2.31. The van der Waals surface area contributed by atoms with Crippen molar-refractivity contribution in [1.82, 2.24) is 14.8 Å². The van der Waals surface area contributed by atoms with Crippen LogP contribution in [0.25, 0.3) is 10.9 Å². The molecule has 0 aliphatic heterocycles. The Hall–Kier alpha value is -3.55. The zero-order chi connectivity index (χ0) is 20.3. The quantitative estimate of drug-likeness (QED) is 0.518. The van der Waals surface area contributed by atoms with E-state index in [1.165, 1.54) is 6.92 Å². The predicted octanol–water partition coefficient (Wildman–Crippen LogP) is 2.93. The van der Waals surface area contributed by atoms with E-state index in [0.717, 1.165) is 15.6 Å². The number of benzene rings is 1.